The van der Waals surface area contributed by atoms with Crippen molar-refractivity contribution in [3.05, 3.63) is 0 Å². The summed E-state index contributed by atoms with van der Waals surface area (Å²) in [5.41, 5.74) is 5.34. The van der Waals surface area contributed by atoms with Crippen LogP contribution < -0.4 is 5.73 Å². The lowest BCUT2D eigenvalue weighted by Gasteiger charge is -2.30. The fraction of sp³-hybridized carbons (Fsp3) is 0.917. The lowest BCUT2D eigenvalue weighted by atomic mass is 10.2. The lowest BCUT2D eigenvalue weighted by Crippen LogP contribution is -2.44. The Morgan fingerprint density at radius 2 is 2.00 bits per heavy atom. The van der Waals surface area contributed by atoms with Gasteiger partial charge >= 0.3 is 0 Å². The van der Waals surface area contributed by atoms with Crippen LogP contribution in [0, 0.1) is 11.3 Å². The van der Waals surface area contributed by atoms with Crippen molar-refractivity contribution in [2.45, 2.75) is 38.4 Å². The van der Waals surface area contributed by atoms with Crippen molar-refractivity contribution < 1.29 is 13.2 Å². The number of hydrogen-bond donors (Lipinski definition) is 2. The molecule has 0 aromatic carbocycles. The standard InChI is InChI=1S/C12H25N3O3S/c1-10(2)9-15(6-3-12(13)14)19(16,17)11-4-7-18-8-5-11/h10-11H,3-9H2,1-2H3,(H3,13,14). The monoisotopic (exact) mass is 291 g/mol. The minimum Gasteiger partial charge on any atom is -0.388 e. The quantitative estimate of drug-likeness (QED) is 0.535. The SMILES string of the molecule is CC(C)CN(CCC(=N)N)S(=O)(=O)C1CCOCC1. The molecular weight excluding hydrogens is 266 g/mol. The van der Waals surface area contributed by atoms with Crippen molar-refractivity contribution in [1.29, 1.82) is 5.41 Å². The molecule has 0 amide bonds. The molecule has 0 aromatic rings. The highest BCUT2D eigenvalue weighted by Crippen LogP contribution is 2.21. The molecule has 0 bridgehead atoms. The van der Waals surface area contributed by atoms with Gasteiger partial charge in [0.2, 0.25) is 10.0 Å². The summed E-state index contributed by atoms with van der Waals surface area (Å²) < 4.78 is 31.9. The highest BCUT2D eigenvalue weighted by Gasteiger charge is 2.33. The second kappa shape index (κ2) is 7.21. The minimum absolute atomic E-state index is 0.0240. The number of hydrogen-bond acceptors (Lipinski definition) is 4. The van der Waals surface area contributed by atoms with Crippen molar-refractivity contribution in [2.75, 3.05) is 26.3 Å². The first kappa shape index (κ1) is 16.4. The van der Waals surface area contributed by atoms with E-state index in [0.717, 1.165) is 0 Å². The van der Waals surface area contributed by atoms with Crippen LogP contribution in [0.15, 0.2) is 0 Å². The van der Waals surface area contributed by atoms with Gasteiger partial charge in [0.15, 0.2) is 0 Å². The number of ether oxygens (including phenoxy) is 1. The molecule has 1 aliphatic rings. The molecule has 1 saturated heterocycles. The maximum Gasteiger partial charge on any atom is 0.217 e. The summed E-state index contributed by atoms with van der Waals surface area (Å²) in [6.07, 6.45) is 1.39. The molecule has 1 rings (SSSR count). The third-order valence-electron chi connectivity index (χ3n) is 3.15. The number of amidine groups is 1. The molecule has 0 radical (unpaired) electrons. The third kappa shape index (κ3) is 5.08. The van der Waals surface area contributed by atoms with Crippen LogP contribution in [0.1, 0.15) is 33.1 Å². The largest absolute Gasteiger partial charge is 0.388 e. The maximum atomic E-state index is 12.6. The molecule has 0 spiro atoms. The Hall–Kier alpha value is -0.660. The molecule has 6 nitrogen and oxygen atoms in total. The Morgan fingerprint density at radius 1 is 1.42 bits per heavy atom. The van der Waals surface area contributed by atoms with Crippen LogP contribution in [0.2, 0.25) is 0 Å². The molecule has 112 valence electrons. The van der Waals surface area contributed by atoms with Gasteiger partial charge in [-0.15, -0.1) is 0 Å². The Labute approximate surface area is 115 Å². The summed E-state index contributed by atoms with van der Waals surface area (Å²) in [7, 11) is -3.31. The molecule has 1 aliphatic heterocycles. The summed E-state index contributed by atoms with van der Waals surface area (Å²) >= 11 is 0. The zero-order chi connectivity index (χ0) is 14.5. The van der Waals surface area contributed by atoms with Crippen molar-refractivity contribution in [2.24, 2.45) is 11.7 Å². The predicted molar refractivity (Wildman–Crippen MR) is 75.7 cm³/mol. The van der Waals surface area contributed by atoms with Crippen LogP contribution in [-0.4, -0.2) is 50.1 Å². The van der Waals surface area contributed by atoms with Crippen LogP contribution in [-0.2, 0) is 14.8 Å². The molecule has 0 unspecified atom stereocenters. The number of sulfonamides is 1. The summed E-state index contributed by atoms with van der Waals surface area (Å²) in [6.45, 7) is 5.76. The second-order valence-corrected chi connectivity index (χ2v) is 7.60. The van der Waals surface area contributed by atoms with Gasteiger partial charge in [0.25, 0.3) is 0 Å². The van der Waals surface area contributed by atoms with Crippen molar-refractivity contribution >= 4 is 15.9 Å². The van der Waals surface area contributed by atoms with Gasteiger partial charge in [0.1, 0.15) is 0 Å². The van der Waals surface area contributed by atoms with E-state index in [-0.39, 0.29) is 23.4 Å². The van der Waals surface area contributed by atoms with Gasteiger partial charge in [-0.25, -0.2) is 12.7 Å². The first-order valence-corrected chi connectivity index (χ1v) is 8.24. The highest BCUT2D eigenvalue weighted by atomic mass is 32.2. The van der Waals surface area contributed by atoms with E-state index in [4.69, 9.17) is 15.9 Å². The van der Waals surface area contributed by atoms with Crippen LogP contribution in [0.5, 0.6) is 0 Å². The Kier molecular flexibility index (Phi) is 6.22. The average molecular weight is 291 g/mol. The van der Waals surface area contributed by atoms with E-state index < -0.39 is 10.0 Å². The molecule has 7 heteroatoms. The van der Waals surface area contributed by atoms with Crippen molar-refractivity contribution in [3.63, 3.8) is 0 Å². The molecule has 0 aliphatic carbocycles. The van der Waals surface area contributed by atoms with Crippen molar-refractivity contribution in [1.82, 2.24) is 4.31 Å². The van der Waals surface area contributed by atoms with Gasteiger partial charge in [-0.2, -0.15) is 0 Å². The van der Waals surface area contributed by atoms with Crippen LogP contribution in [0.3, 0.4) is 0 Å². The molecule has 19 heavy (non-hydrogen) atoms. The van der Waals surface area contributed by atoms with Crippen LogP contribution in [0.25, 0.3) is 0 Å². The molecule has 3 N–H and O–H groups in total. The lowest BCUT2D eigenvalue weighted by molar-refractivity contribution is 0.0971. The molecule has 0 saturated carbocycles. The second-order valence-electron chi connectivity index (χ2n) is 5.38. The Balaban J connectivity index is 2.77. The zero-order valence-corrected chi connectivity index (χ0v) is 12.6. The number of rotatable bonds is 7. The van der Waals surface area contributed by atoms with Crippen LogP contribution in [0.4, 0.5) is 0 Å². The molecule has 1 heterocycles. The molecular formula is C12H25N3O3S. The van der Waals surface area contributed by atoms with Crippen LogP contribution >= 0.6 is 0 Å². The number of nitrogens with two attached hydrogens (primary N) is 1. The number of nitrogens with one attached hydrogen (secondary N) is 1. The Morgan fingerprint density at radius 3 is 2.47 bits per heavy atom. The van der Waals surface area contributed by atoms with Gasteiger partial charge in [0, 0.05) is 32.7 Å². The van der Waals surface area contributed by atoms with E-state index in [1.54, 1.807) is 0 Å². The summed E-state index contributed by atoms with van der Waals surface area (Å²) in [5, 5.41) is 6.90. The van der Waals surface area contributed by atoms with E-state index in [9.17, 15) is 8.42 Å². The van der Waals surface area contributed by atoms with E-state index in [0.29, 0.717) is 39.1 Å². The van der Waals surface area contributed by atoms with Gasteiger partial charge in [-0.05, 0) is 18.8 Å². The van der Waals surface area contributed by atoms with E-state index in [2.05, 4.69) is 0 Å². The van der Waals surface area contributed by atoms with E-state index in [1.807, 2.05) is 13.8 Å². The zero-order valence-electron chi connectivity index (χ0n) is 11.8. The maximum absolute atomic E-state index is 12.6. The molecule has 1 fully saturated rings. The predicted octanol–water partition coefficient (Wildman–Crippen LogP) is 0.779. The smallest absolute Gasteiger partial charge is 0.217 e. The average Bonchev–Trinajstić information content (AvgIpc) is 2.34. The summed E-state index contributed by atoms with van der Waals surface area (Å²) in [6, 6.07) is 0. The fourth-order valence-corrected chi connectivity index (χ4v) is 4.22. The Bertz CT molecular complexity index is 389. The number of nitrogens with zero attached hydrogens (tertiary/aromatic N) is 1. The third-order valence-corrected chi connectivity index (χ3v) is 5.51. The topological polar surface area (TPSA) is 96.5 Å². The van der Waals surface area contributed by atoms with Crippen molar-refractivity contribution in [3.8, 4) is 0 Å². The van der Waals surface area contributed by atoms with Gasteiger partial charge < -0.3 is 10.5 Å². The highest BCUT2D eigenvalue weighted by molar-refractivity contribution is 7.89. The molecule has 0 atom stereocenters. The van der Waals surface area contributed by atoms with E-state index in [1.165, 1.54) is 4.31 Å². The molecule has 0 aromatic heterocycles. The first-order chi connectivity index (χ1) is 8.84. The minimum atomic E-state index is -3.31. The van der Waals surface area contributed by atoms with Gasteiger partial charge in [0.05, 0.1) is 11.1 Å². The van der Waals surface area contributed by atoms with Gasteiger partial charge in [-0.1, -0.05) is 13.8 Å². The first-order valence-electron chi connectivity index (χ1n) is 6.73. The normalized spacial score (nSPS) is 18.1. The van der Waals surface area contributed by atoms with Gasteiger partial charge in [-0.3, -0.25) is 5.41 Å². The fourth-order valence-electron chi connectivity index (χ4n) is 2.16. The summed E-state index contributed by atoms with van der Waals surface area (Å²) in [4.78, 5) is 0. The summed E-state index contributed by atoms with van der Waals surface area (Å²) in [5.74, 6) is 0.275. The van der Waals surface area contributed by atoms with E-state index >= 15 is 0 Å².